The molecule has 0 bridgehead atoms. The maximum absolute atomic E-state index is 10.1. The number of hydrogen-bond donors (Lipinski definition) is 2. The Bertz CT molecular complexity index is 862. The van der Waals surface area contributed by atoms with Gasteiger partial charge in [0.2, 0.25) is 0 Å². The van der Waals surface area contributed by atoms with Crippen molar-refractivity contribution in [2.75, 3.05) is 0 Å². The van der Waals surface area contributed by atoms with Crippen molar-refractivity contribution in [2.24, 2.45) is 0 Å². The average Bonchev–Trinajstić information content (AvgIpc) is 2.85. The van der Waals surface area contributed by atoms with Gasteiger partial charge in [0.1, 0.15) is 11.3 Å². The maximum atomic E-state index is 10.1. The molecule has 0 aliphatic heterocycles. The first-order chi connectivity index (χ1) is 10.3. The Balaban J connectivity index is 2.35. The van der Waals surface area contributed by atoms with Gasteiger partial charge in [0.05, 0.1) is 10.5 Å². The molecule has 114 valence electrons. The van der Waals surface area contributed by atoms with Gasteiger partial charge in [-0.15, -0.1) is 5.10 Å². The van der Waals surface area contributed by atoms with Gasteiger partial charge in [-0.1, -0.05) is 61.3 Å². The molecule has 0 saturated carbocycles. The van der Waals surface area contributed by atoms with Gasteiger partial charge in [-0.05, 0) is 23.5 Å². The van der Waals surface area contributed by atoms with Gasteiger partial charge in [-0.3, -0.25) is 5.10 Å². The summed E-state index contributed by atoms with van der Waals surface area (Å²) in [5.74, 6) is 0.0223. The Kier molecular flexibility index (Phi) is 3.37. The second-order valence-corrected chi connectivity index (χ2v) is 7.01. The smallest absolute Gasteiger partial charge is 0.137 e. The highest BCUT2D eigenvalue weighted by Crippen LogP contribution is 2.41. The SMILES string of the molecule is Cc1cc(-c2c(Cl)c(O)cc3[nH]nnc23)cc(C(C)(C)C)c1. The van der Waals surface area contributed by atoms with Crippen molar-refractivity contribution in [3.63, 3.8) is 0 Å². The van der Waals surface area contributed by atoms with E-state index < -0.39 is 0 Å². The lowest BCUT2D eigenvalue weighted by atomic mass is 9.84. The molecule has 0 radical (unpaired) electrons. The molecule has 5 heteroatoms. The van der Waals surface area contributed by atoms with E-state index in [9.17, 15) is 5.11 Å². The first-order valence-electron chi connectivity index (χ1n) is 7.12. The lowest BCUT2D eigenvalue weighted by Gasteiger charge is -2.21. The number of rotatable bonds is 1. The van der Waals surface area contributed by atoms with Crippen LogP contribution in [0.15, 0.2) is 24.3 Å². The molecular formula is C17H18ClN3O. The van der Waals surface area contributed by atoms with Crippen LogP contribution in [0.25, 0.3) is 22.2 Å². The number of aryl methyl sites for hydroxylation is 1. The highest BCUT2D eigenvalue weighted by atomic mass is 35.5. The van der Waals surface area contributed by atoms with E-state index in [1.54, 1.807) is 6.07 Å². The van der Waals surface area contributed by atoms with Crippen LogP contribution in [0.5, 0.6) is 5.75 Å². The van der Waals surface area contributed by atoms with E-state index in [1.165, 1.54) is 5.56 Å². The third kappa shape index (κ3) is 2.44. The molecule has 0 amide bonds. The van der Waals surface area contributed by atoms with Crippen LogP contribution in [0.4, 0.5) is 0 Å². The van der Waals surface area contributed by atoms with Crippen LogP contribution in [0.3, 0.4) is 0 Å². The molecule has 0 aliphatic carbocycles. The van der Waals surface area contributed by atoms with E-state index in [1.807, 2.05) is 6.07 Å². The summed E-state index contributed by atoms with van der Waals surface area (Å²) >= 11 is 6.35. The number of aromatic nitrogens is 3. The number of H-pyrrole nitrogens is 1. The van der Waals surface area contributed by atoms with Crippen molar-refractivity contribution in [3.8, 4) is 16.9 Å². The number of benzene rings is 2. The third-order valence-electron chi connectivity index (χ3n) is 3.77. The van der Waals surface area contributed by atoms with E-state index >= 15 is 0 Å². The minimum Gasteiger partial charge on any atom is -0.506 e. The zero-order valence-corrected chi connectivity index (χ0v) is 13.8. The molecule has 0 unspecified atom stereocenters. The highest BCUT2D eigenvalue weighted by Gasteiger charge is 2.20. The highest BCUT2D eigenvalue weighted by molar-refractivity contribution is 6.36. The second-order valence-electron chi connectivity index (χ2n) is 6.63. The maximum Gasteiger partial charge on any atom is 0.137 e. The van der Waals surface area contributed by atoms with Crippen molar-refractivity contribution in [1.82, 2.24) is 15.4 Å². The molecule has 0 aliphatic rings. The van der Waals surface area contributed by atoms with Crippen molar-refractivity contribution in [3.05, 3.63) is 40.4 Å². The number of aromatic hydroxyl groups is 1. The van der Waals surface area contributed by atoms with Crippen LogP contribution in [0.1, 0.15) is 31.9 Å². The van der Waals surface area contributed by atoms with Gasteiger partial charge in [0, 0.05) is 11.6 Å². The molecular weight excluding hydrogens is 298 g/mol. The van der Waals surface area contributed by atoms with Crippen LogP contribution in [-0.2, 0) is 5.41 Å². The second kappa shape index (κ2) is 4.99. The summed E-state index contributed by atoms with van der Waals surface area (Å²) in [7, 11) is 0. The fraction of sp³-hybridized carbons (Fsp3) is 0.294. The van der Waals surface area contributed by atoms with Crippen molar-refractivity contribution >= 4 is 22.6 Å². The van der Waals surface area contributed by atoms with Gasteiger partial charge in [-0.2, -0.15) is 0 Å². The van der Waals surface area contributed by atoms with Crippen molar-refractivity contribution in [1.29, 1.82) is 0 Å². The molecule has 22 heavy (non-hydrogen) atoms. The van der Waals surface area contributed by atoms with E-state index in [-0.39, 0.29) is 11.2 Å². The summed E-state index contributed by atoms with van der Waals surface area (Å²) in [5.41, 5.74) is 5.33. The Labute approximate surface area is 134 Å². The molecule has 3 aromatic rings. The Hall–Kier alpha value is -2.07. The molecule has 0 atom stereocenters. The topological polar surface area (TPSA) is 61.8 Å². The van der Waals surface area contributed by atoms with Gasteiger partial charge in [0.25, 0.3) is 0 Å². The standard InChI is InChI=1S/C17H18ClN3O/c1-9-5-10(7-11(6-9)17(2,3)4)14-15(18)13(22)8-12-16(14)20-21-19-12/h5-8,22H,1-4H3,(H,19,20,21). The quantitative estimate of drug-likeness (QED) is 0.690. The fourth-order valence-electron chi connectivity index (χ4n) is 2.58. The van der Waals surface area contributed by atoms with Gasteiger partial charge >= 0.3 is 0 Å². The number of phenolic OH excluding ortho intramolecular Hbond substituents is 1. The van der Waals surface area contributed by atoms with Crippen LogP contribution < -0.4 is 0 Å². The summed E-state index contributed by atoms with van der Waals surface area (Å²) in [6, 6.07) is 7.85. The Morgan fingerprint density at radius 3 is 2.55 bits per heavy atom. The number of phenols is 1. The predicted octanol–water partition coefficient (Wildman–Crippen LogP) is 4.59. The number of nitrogens with one attached hydrogen (secondary N) is 1. The minimum absolute atomic E-state index is 0.0208. The fourth-order valence-corrected chi connectivity index (χ4v) is 2.83. The third-order valence-corrected chi connectivity index (χ3v) is 4.15. The van der Waals surface area contributed by atoms with Crippen LogP contribution >= 0.6 is 11.6 Å². The summed E-state index contributed by atoms with van der Waals surface area (Å²) < 4.78 is 0. The number of aromatic amines is 1. The largest absolute Gasteiger partial charge is 0.506 e. The zero-order chi connectivity index (χ0) is 16.1. The molecule has 4 nitrogen and oxygen atoms in total. The van der Waals surface area contributed by atoms with Crippen LogP contribution in [0.2, 0.25) is 5.02 Å². The summed E-state index contributed by atoms with van der Waals surface area (Å²) in [6.45, 7) is 8.55. The monoisotopic (exact) mass is 315 g/mol. The first kappa shape index (κ1) is 14.9. The zero-order valence-electron chi connectivity index (χ0n) is 13.0. The lowest BCUT2D eigenvalue weighted by molar-refractivity contribution is 0.476. The summed E-state index contributed by atoms with van der Waals surface area (Å²) in [6.07, 6.45) is 0. The van der Waals surface area contributed by atoms with Gasteiger partial charge < -0.3 is 5.11 Å². The normalized spacial score (nSPS) is 12.0. The summed E-state index contributed by atoms with van der Waals surface area (Å²) in [5, 5.41) is 21.1. The van der Waals surface area contributed by atoms with E-state index in [0.717, 1.165) is 11.1 Å². The number of nitrogens with zero attached hydrogens (tertiary/aromatic N) is 2. The summed E-state index contributed by atoms with van der Waals surface area (Å²) in [4.78, 5) is 0. The lowest BCUT2D eigenvalue weighted by Crippen LogP contribution is -2.11. The van der Waals surface area contributed by atoms with Crippen molar-refractivity contribution < 1.29 is 5.11 Å². The molecule has 1 aromatic heterocycles. The molecule has 1 heterocycles. The van der Waals surface area contributed by atoms with E-state index in [4.69, 9.17) is 11.6 Å². The van der Waals surface area contributed by atoms with Crippen molar-refractivity contribution in [2.45, 2.75) is 33.1 Å². The number of fused-ring (bicyclic) bond motifs is 1. The predicted molar refractivity (Wildman–Crippen MR) is 89.4 cm³/mol. The Morgan fingerprint density at radius 2 is 1.86 bits per heavy atom. The van der Waals surface area contributed by atoms with Crippen LogP contribution in [-0.4, -0.2) is 20.5 Å². The van der Waals surface area contributed by atoms with Crippen LogP contribution in [0, 0.1) is 6.92 Å². The molecule has 0 fully saturated rings. The average molecular weight is 316 g/mol. The molecule has 0 spiro atoms. The van der Waals surface area contributed by atoms with Gasteiger partial charge in [-0.25, -0.2) is 0 Å². The number of hydrogen-bond acceptors (Lipinski definition) is 3. The van der Waals surface area contributed by atoms with Gasteiger partial charge in [0.15, 0.2) is 0 Å². The molecule has 0 saturated heterocycles. The first-order valence-corrected chi connectivity index (χ1v) is 7.50. The number of halogens is 1. The Morgan fingerprint density at radius 1 is 1.14 bits per heavy atom. The van der Waals surface area contributed by atoms with E-state index in [0.29, 0.717) is 21.6 Å². The molecule has 3 rings (SSSR count). The van der Waals surface area contributed by atoms with E-state index in [2.05, 4.69) is 55.2 Å². The minimum atomic E-state index is 0.0208. The molecule has 2 N–H and O–H groups in total. The molecule has 2 aromatic carbocycles.